The number of rotatable bonds is 4. The molecule has 5 nitrogen and oxygen atoms in total. The zero-order valence-corrected chi connectivity index (χ0v) is 9.37. The predicted octanol–water partition coefficient (Wildman–Crippen LogP) is -0.152. The van der Waals surface area contributed by atoms with Gasteiger partial charge in [-0.25, -0.2) is 8.42 Å². The highest BCUT2D eigenvalue weighted by molar-refractivity contribution is 7.89. The molecule has 1 aromatic rings. The fourth-order valence-corrected chi connectivity index (χ4v) is 2.31. The van der Waals surface area contributed by atoms with Gasteiger partial charge in [-0.05, 0) is 24.3 Å². The average Bonchev–Trinajstić information content (AvgIpc) is 2.18. The SMILES string of the molecule is CN(CCN)S(=O)(=O)c1ccc(N)cc1. The van der Waals surface area contributed by atoms with Crippen LogP contribution in [0, 0.1) is 0 Å². The molecule has 0 aliphatic rings. The number of benzene rings is 1. The first-order chi connectivity index (χ1) is 6.98. The third kappa shape index (κ3) is 2.68. The Labute approximate surface area is 89.7 Å². The average molecular weight is 229 g/mol. The summed E-state index contributed by atoms with van der Waals surface area (Å²) in [5.41, 5.74) is 11.3. The van der Waals surface area contributed by atoms with Gasteiger partial charge in [-0.3, -0.25) is 0 Å². The van der Waals surface area contributed by atoms with E-state index in [2.05, 4.69) is 0 Å². The second-order valence-electron chi connectivity index (χ2n) is 3.18. The van der Waals surface area contributed by atoms with Crippen LogP contribution < -0.4 is 11.5 Å². The third-order valence-corrected chi connectivity index (χ3v) is 3.90. The normalized spacial score (nSPS) is 11.9. The minimum atomic E-state index is -3.42. The lowest BCUT2D eigenvalue weighted by molar-refractivity contribution is 0.476. The van der Waals surface area contributed by atoms with Gasteiger partial charge in [0, 0.05) is 25.8 Å². The van der Waals surface area contributed by atoms with Gasteiger partial charge in [0.05, 0.1) is 4.90 Å². The molecule has 0 heterocycles. The van der Waals surface area contributed by atoms with Crippen molar-refractivity contribution in [2.24, 2.45) is 5.73 Å². The lowest BCUT2D eigenvalue weighted by Gasteiger charge is -2.15. The van der Waals surface area contributed by atoms with Gasteiger partial charge in [0.15, 0.2) is 0 Å². The van der Waals surface area contributed by atoms with Gasteiger partial charge in [0.1, 0.15) is 0 Å². The van der Waals surface area contributed by atoms with Crippen LogP contribution in [0.25, 0.3) is 0 Å². The highest BCUT2D eigenvalue weighted by Crippen LogP contribution is 2.15. The number of sulfonamides is 1. The summed E-state index contributed by atoms with van der Waals surface area (Å²) in [6.45, 7) is 0.595. The summed E-state index contributed by atoms with van der Waals surface area (Å²) in [7, 11) is -1.92. The molecular formula is C9H15N3O2S. The molecule has 0 unspecified atom stereocenters. The minimum absolute atomic E-state index is 0.229. The lowest BCUT2D eigenvalue weighted by Crippen LogP contribution is -2.31. The van der Waals surface area contributed by atoms with Crippen LogP contribution in [0.15, 0.2) is 29.2 Å². The van der Waals surface area contributed by atoms with Crippen molar-refractivity contribution in [1.29, 1.82) is 0 Å². The van der Waals surface area contributed by atoms with E-state index in [1.54, 1.807) is 12.1 Å². The van der Waals surface area contributed by atoms with E-state index < -0.39 is 10.0 Å². The standard InChI is InChI=1S/C9H15N3O2S/c1-12(7-6-10)15(13,14)9-4-2-8(11)3-5-9/h2-5H,6-7,10-11H2,1H3. The van der Waals surface area contributed by atoms with E-state index in [0.29, 0.717) is 18.8 Å². The van der Waals surface area contributed by atoms with Crippen LogP contribution in [0.1, 0.15) is 0 Å². The van der Waals surface area contributed by atoms with Crippen molar-refractivity contribution < 1.29 is 8.42 Å². The summed E-state index contributed by atoms with van der Waals surface area (Å²) in [6, 6.07) is 6.09. The topological polar surface area (TPSA) is 89.4 Å². The summed E-state index contributed by atoms with van der Waals surface area (Å²) in [6.07, 6.45) is 0. The van der Waals surface area contributed by atoms with Crippen molar-refractivity contribution in [3.63, 3.8) is 0 Å². The predicted molar refractivity (Wildman–Crippen MR) is 59.7 cm³/mol. The molecule has 0 aromatic heterocycles. The largest absolute Gasteiger partial charge is 0.399 e. The van der Waals surface area contributed by atoms with E-state index in [-0.39, 0.29) is 4.90 Å². The molecule has 6 heteroatoms. The Morgan fingerprint density at radius 3 is 2.27 bits per heavy atom. The molecule has 0 amide bonds. The first-order valence-electron chi connectivity index (χ1n) is 4.50. The Morgan fingerprint density at radius 1 is 1.27 bits per heavy atom. The van der Waals surface area contributed by atoms with Gasteiger partial charge in [-0.2, -0.15) is 4.31 Å². The van der Waals surface area contributed by atoms with Crippen LogP contribution in [-0.2, 0) is 10.0 Å². The smallest absolute Gasteiger partial charge is 0.242 e. The van der Waals surface area contributed by atoms with Gasteiger partial charge < -0.3 is 11.5 Å². The van der Waals surface area contributed by atoms with Crippen molar-refractivity contribution >= 4 is 15.7 Å². The molecule has 0 spiro atoms. The number of nitrogen functional groups attached to an aromatic ring is 1. The number of hydrogen-bond donors (Lipinski definition) is 2. The van der Waals surface area contributed by atoms with Crippen LogP contribution in [0.3, 0.4) is 0 Å². The molecule has 0 bridgehead atoms. The molecule has 1 rings (SSSR count). The zero-order chi connectivity index (χ0) is 11.5. The second-order valence-corrected chi connectivity index (χ2v) is 5.23. The van der Waals surface area contributed by atoms with E-state index in [4.69, 9.17) is 11.5 Å². The Hall–Kier alpha value is -1.11. The van der Waals surface area contributed by atoms with Crippen molar-refractivity contribution in [1.82, 2.24) is 4.31 Å². The van der Waals surface area contributed by atoms with Gasteiger partial charge in [-0.15, -0.1) is 0 Å². The maximum absolute atomic E-state index is 11.9. The van der Waals surface area contributed by atoms with Crippen LogP contribution in [-0.4, -0.2) is 32.9 Å². The second kappa shape index (κ2) is 4.61. The quantitative estimate of drug-likeness (QED) is 0.702. The maximum Gasteiger partial charge on any atom is 0.242 e. The summed E-state index contributed by atoms with van der Waals surface area (Å²) in [5.74, 6) is 0. The molecule has 1 aromatic carbocycles. The van der Waals surface area contributed by atoms with E-state index in [0.717, 1.165) is 0 Å². The lowest BCUT2D eigenvalue weighted by atomic mass is 10.3. The summed E-state index contributed by atoms with van der Waals surface area (Å²) in [4.78, 5) is 0.229. The molecule has 0 aliphatic heterocycles. The first kappa shape index (κ1) is 12.0. The van der Waals surface area contributed by atoms with Crippen molar-refractivity contribution in [2.75, 3.05) is 25.9 Å². The Kier molecular flexibility index (Phi) is 3.67. The van der Waals surface area contributed by atoms with Gasteiger partial charge >= 0.3 is 0 Å². The number of anilines is 1. The molecule has 15 heavy (non-hydrogen) atoms. The third-order valence-electron chi connectivity index (χ3n) is 2.03. The molecule has 0 saturated carbocycles. The van der Waals surface area contributed by atoms with E-state index in [1.165, 1.54) is 23.5 Å². The molecular weight excluding hydrogens is 214 g/mol. The van der Waals surface area contributed by atoms with Gasteiger partial charge in [0.25, 0.3) is 0 Å². The highest BCUT2D eigenvalue weighted by atomic mass is 32.2. The monoisotopic (exact) mass is 229 g/mol. The van der Waals surface area contributed by atoms with E-state index in [9.17, 15) is 8.42 Å². The van der Waals surface area contributed by atoms with E-state index in [1.807, 2.05) is 0 Å². The van der Waals surface area contributed by atoms with Gasteiger partial charge in [-0.1, -0.05) is 0 Å². The molecule has 0 fully saturated rings. The van der Waals surface area contributed by atoms with Gasteiger partial charge in [0.2, 0.25) is 10.0 Å². The number of likely N-dealkylation sites (N-methyl/N-ethyl adjacent to an activating group) is 1. The van der Waals surface area contributed by atoms with E-state index >= 15 is 0 Å². The Morgan fingerprint density at radius 2 is 1.80 bits per heavy atom. The number of nitrogens with zero attached hydrogens (tertiary/aromatic N) is 1. The number of nitrogens with two attached hydrogens (primary N) is 2. The zero-order valence-electron chi connectivity index (χ0n) is 8.55. The van der Waals surface area contributed by atoms with Crippen molar-refractivity contribution in [3.8, 4) is 0 Å². The highest BCUT2D eigenvalue weighted by Gasteiger charge is 2.19. The molecule has 0 atom stereocenters. The fraction of sp³-hybridized carbons (Fsp3) is 0.333. The Balaban J connectivity index is 3.01. The Bertz CT molecular complexity index is 413. The fourth-order valence-electron chi connectivity index (χ4n) is 1.12. The summed E-state index contributed by atoms with van der Waals surface area (Å²) < 4.78 is 24.9. The molecule has 0 radical (unpaired) electrons. The van der Waals surface area contributed by atoms with Crippen LogP contribution >= 0.6 is 0 Å². The van der Waals surface area contributed by atoms with Crippen LogP contribution in [0.2, 0.25) is 0 Å². The molecule has 4 N–H and O–H groups in total. The summed E-state index contributed by atoms with van der Waals surface area (Å²) >= 11 is 0. The van der Waals surface area contributed by atoms with Crippen LogP contribution in [0.4, 0.5) is 5.69 Å². The molecule has 84 valence electrons. The minimum Gasteiger partial charge on any atom is -0.399 e. The van der Waals surface area contributed by atoms with Crippen molar-refractivity contribution in [2.45, 2.75) is 4.90 Å². The number of hydrogen-bond acceptors (Lipinski definition) is 4. The first-order valence-corrected chi connectivity index (χ1v) is 5.94. The van der Waals surface area contributed by atoms with Crippen molar-refractivity contribution in [3.05, 3.63) is 24.3 Å². The molecule has 0 aliphatic carbocycles. The summed E-state index contributed by atoms with van der Waals surface area (Å²) in [5, 5.41) is 0. The maximum atomic E-state index is 11.9. The molecule has 0 saturated heterocycles. The van der Waals surface area contributed by atoms with Crippen LogP contribution in [0.5, 0.6) is 0 Å².